The summed E-state index contributed by atoms with van der Waals surface area (Å²) in [4.78, 5) is 0. The van der Waals surface area contributed by atoms with Crippen molar-refractivity contribution in [2.45, 2.75) is 32.6 Å². The Hall–Kier alpha value is -0.340. The fourth-order valence-corrected chi connectivity index (χ4v) is 3.04. The molecule has 1 aliphatic carbocycles. The molecule has 1 aromatic rings. The van der Waals surface area contributed by atoms with Crippen LogP contribution in [0, 0.1) is 11.8 Å². The third-order valence-electron chi connectivity index (χ3n) is 3.91. The maximum absolute atomic E-state index is 3.66. The number of hydrogen-bond acceptors (Lipinski definition) is 1. The molecule has 0 saturated heterocycles. The van der Waals surface area contributed by atoms with Gasteiger partial charge in [-0.3, -0.25) is 0 Å². The zero-order valence-corrected chi connectivity index (χ0v) is 12.2. The second-order valence-corrected chi connectivity index (χ2v) is 5.91. The van der Waals surface area contributed by atoms with Gasteiger partial charge in [0.05, 0.1) is 0 Å². The van der Waals surface area contributed by atoms with Crippen LogP contribution in [0.2, 0.25) is 0 Å². The molecule has 1 nitrogen and oxygen atoms in total. The van der Waals surface area contributed by atoms with Gasteiger partial charge in [0.15, 0.2) is 0 Å². The maximum Gasteiger partial charge on any atom is 0.0207 e. The normalized spacial score (nSPS) is 17.8. The summed E-state index contributed by atoms with van der Waals surface area (Å²) in [5, 5.41) is 3.52. The summed E-state index contributed by atoms with van der Waals surface area (Å²) in [6, 6.07) is 8.64. The van der Waals surface area contributed by atoms with Crippen LogP contribution in [0.4, 0.5) is 0 Å². The summed E-state index contributed by atoms with van der Waals surface area (Å²) < 4.78 is 1.26. The quantitative estimate of drug-likeness (QED) is 0.836. The van der Waals surface area contributed by atoms with Gasteiger partial charge in [0.25, 0.3) is 0 Å². The zero-order chi connectivity index (χ0) is 12.1. The molecule has 1 aliphatic rings. The lowest BCUT2D eigenvalue weighted by atomic mass is 9.73. The van der Waals surface area contributed by atoms with Crippen molar-refractivity contribution in [2.24, 2.45) is 11.8 Å². The Morgan fingerprint density at radius 3 is 2.71 bits per heavy atom. The average molecular weight is 296 g/mol. The minimum Gasteiger partial charge on any atom is -0.317 e. The first-order valence-electron chi connectivity index (χ1n) is 6.75. The van der Waals surface area contributed by atoms with Crippen LogP contribution < -0.4 is 5.32 Å². The predicted molar refractivity (Wildman–Crippen MR) is 77.2 cm³/mol. The molecule has 1 aromatic carbocycles. The Bertz CT molecular complexity index is 347. The van der Waals surface area contributed by atoms with Gasteiger partial charge in [-0.2, -0.15) is 0 Å². The van der Waals surface area contributed by atoms with Crippen molar-refractivity contribution < 1.29 is 0 Å². The van der Waals surface area contributed by atoms with Crippen LogP contribution in [0.3, 0.4) is 0 Å². The second-order valence-electron chi connectivity index (χ2n) is 5.05. The Labute approximate surface area is 113 Å². The summed E-state index contributed by atoms with van der Waals surface area (Å²) >= 11 is 3.66. The van der Waals surface area contributed by atoms with Crippen molar-refractivity contribution >= 4 is 15.9 Å². The van der Waals surface area contributed by atoms with E-state index >= 15 is 0 Å². The monoisotopic (exact) mass is 295 g/mol. The van der Waals surface area contributed by atoms with Gasteiger partial charge in [-0.25, -0.2) is 0 Å². The number of rotatable bonds is 6. The average Bonchev–Trinajstić information content (AvgIpc) is 2.26. The van der Waals surface area contributed by atoms with Gasteiger partial charge in [0.1, 0.15) is 0 Å². The molecule has 1 N–H and O–H groups in total. The van der Waals surface area contributed by atoms with E-state index in [0.717, 1.165) is 18.4 Å². The van der Waals surface area contributed by atoms with Crippen molar-refractivity contribution in [3.63, 3.8) is 0 Å². The highest BCUT2D eigenvalue weighted by atomic mass is 79.9. The van der Waals surface area contributed by atoms with Gasteiger partial charge >= 0.3 is 0 Å². The fraction of sp³-hybridized carbons (Fsp3) is 0.600. The van der Waals surface area contributed by atoms with E-state index in [1.54, 1.807) is 0 Å². The molecule has 1 unspecified atom stereocenters. The predicted octanol–water partition coefficient (Wildman–Crippen LogP) is 4.02. The van der Waals surface area contributed by atoms with Crippen molar-refractivity contribution in [3.8, 4) is 0 Å². The third kappa shape index (κ3) is 3.56. The first-order chi connectivity index (χ1) is 8.31. The molecule has 0 aliphatic heterocycles. The van der Waals surface area contributed by atoms with Crippen LogP contribution in [0.5, 0.6) is 0 Å². The fourth-order valence-electron chi connectivity index (χ4n) is 2.59. The molecule has 1 atom stereocenters. The molecule has 1 saturated carbocycles. The summed E-state index contributed by atoms with van der Waals surface area (Å²) in [6.45, 7) is 4.44. The summed E-state index contributed by atoms with van der Waals surface area (Å²) in [5.41, 5.74) is 1.46. The van der Waals surface area contributed by atoms with E-state index in [4.69, 9.17) is 0 Å². The van der Waals surface area contributed by atoms with Gasteiger partial charge < -0.3 is 5.32 Å². The molecule has 0 radical (unpaired) electrons. The summed E-state index contributed by atoms with van der Waals surface area (Å²) in [5.74, 6) is 1.75. The van der Waals surface area contributed by atoms with Crippen molar-refractivity contribution in [1.82, 2.24) is 5.32 Å². The van der Waals surface area contributed by atoms with E-state index in [0.29, 0.717) is 0 Å². The van der Waals surface area contributed by atoms with Crippen LogP contribution in [0.25, 0.3) is 0 Å². The lowest BCUT2D eigenvalue weighted by Crippen LogP contribution is -2.33. The third-order valence-corrected chi connectivity index (χ3v) is 4.69. The van der Waals surface area contributed by atoms with Gasteiger partial charge in [0.2, 0.25) is 0 Å². The molecule has 94 valence electrons. The van der Waals surface area contributed by atoms with Crippen LogP contribution in [0.1, 0.15) is 31.7 Å². The van der Waals surface area contributed by atoms with E-state index in [1.165, 1.54) is 42.3 Å². The number of benzene rings is 1. The number of nitrogens with one attached hydrogen (secondary N) is 1. The molecule has 1 fully saturated rings. The largest absolute Gasteiger partial charge is 0.317 e. The maximum atomic E-state index is 3.66. The van der Waals surface area contributed by atoms with Crippen molar-refractivity contribution in [2.75, 3.05) is 13.1 Å². The highest BCUT2D eigenvalue weighted by Gasteiger charge is 2.27. The number of hydrogen-bond donors (Lipinski definition) is 1. The zero-order valence-electron chi connectivity index (χ0n) is 10.6. The molecule has 0 spiro atoms. The van der Waals surface area contributed by atoms with E-state index in [1.807, 2.05) is 0 Å². The summed E-state index contributed by atoms with van der Waals surface area (Å²) in [7, 11) is 0. The van der Waals surface area contributed by atoms with Crippen LogP contribution in [0.15, 0.2) is 28.7 Å². The molecule has 0 amide bonds. The van der Waals surface area contributed by atoms with Gasteiger partial charge in [-0.05, 0) is 43.0 Å². The highest BCUT2D eigenvalue weighted by molar-refractivity contribution is 9.10. The molecule has 0 heterocycles. The highest BCUT2D eigenvalue weighted by Crippen LogP contribution is 2.35. The van der Waals surface area contributed by atoms with Crippen LogP contribution in [-0.4, -0.2) is 13.1 Å². The minimum absolute atomic E-state index is 0.808. The smallest absolute Gasteiger partial charge is 0.0207 e. The molecular weight excluding hydrogens is 274 g/mol. The van der Waals surface area contributed by atoms with Crippen molar-refractivity contribution in [1.29, 1.82) is 0 Å². The molecule has 0 bridgehead atoms. The van der Waals surface area contributed by atoms with Gasteiger partial charge in [0, 0.05) is 4.47 Å². The second kappa shape index (κ2) is 6.55. The summed E-state index contributed by atoms with van der Waals surface area (Å²) in [6.07, 6.45) is 5.50. The molecule has 2 rings (SSSR count). The molecule has 2 heteroatoms. The molecule has 0 aromatic heterocycles. The first-order valence-corrected chi connectivity index (χ1v) is 7.54. The SMILES string of the molecule is CCNCC(Cc1ccccc1Br)C1CCC1. The molecular formula is C15H22BrN. The van der Waals surface area contributed by atoms with Crippen molar-refractivity contribution in [3.05, 3.63) is 34.3 Å². The van der Waals surface area contributed by atoms with Crippen LogP contribution in [-0.2, 0) is 6.42 Å². The van der Waals surface area contributed by atoms with Gasteiger partial charge in [-0.15, -0.1) is 0 Å². The van der Waals surface area contributed by atoms with E-state index < -0.39 is 0 Å². The Morgan fingerprint density at radius 2 is 2.12 bits per heavy atom. The lowest BCUT2D eigenvalue weighted by molar-refractivity contribution is 0.200. The van der Waals surface area contributed by atoms with E-state index in [-0.39, 0.29) is 0 Å². The Kier molecular flexibility index (Phi) is 5.05. The van der Waals surface area contributed by atoms with Gasteiger partial charge in [-0.1, -0.05) is 60.3 Å². The molecule has 17 heavy (non-hydrogen) atoms. The number of halogens is 1. The first kappa shape index (κ1) is 13.1. The Morgan fingerprint density at radius 1 is 1.35 bits per heavy atom. The topological polar surface area (TPSA) is 12.0 Å². The van der Waals surface area contributed by atoms with Crippen LogP contribution >= 0.6 is 15.9 Å². The minimum atomic E-state index is 0.808. The van der Waals surface area contributed by atoms with E-state index in [2.05, 4.69) is 52.4 Å². The standard InChI is InChI=1S/C15H22BrN/c1-2-17-11-14(12-7-5-8-12)10-13-6-3-4-9-15(13)16/h3-4,6,9,12,14,17H,2,5,7-8,10-11H2,1H3. The lowest BCUT2D eigenvalue weighted by Gasteiger charge is -2.34. The Balaban J connectivity index is 1.98. The van der Waals surface area contributed by atoms with E-state index in [9.17, 15) is 0 Å².